The van der Waals surface area contributed by atoms with E-state index < -0.39 is 21.2 Å². The maximum Gasteiger partial charge on any atom is 0.313 e. The molecule has 322 valence electrons. The van der Waals surface area contributed by atoms with Crippen LogP contribution in [-0.2, 0) is 14.6 Å². The number of nitriles is 1. The molecule has 1 aromatic rings. The number of aromatic nitrogens is 1. The number of sulfone groups is 1. The first-order chi connectivity index (χ1) is 27.8. The summed E-state index contributed by atoms with van der Waals surface area (Å²) in [6, 6.07) is 5.28. The molecule has 0 bridgehead atoms. The van der Waals surface area contributed by atoms with E-state index in [1.165, 1.54) is 74.3 Å². The number of ether oxygens (including phenoxy) is 1. The SMILES string of the molecule is C=C(C)[C@@H]1CC[C@]2(NCCN3CCS(=O)(=O)CC3)CC[C@]3(C)[C@H](CCC4[C@@]5(C)CC=C(C6=CCC(COc7cc(C#N)ccn7)(C(=O)O)CC6)C(C)(C)C5CC[C@]43C)[C@@H]12. The summed E-state index contributed by atoms with van der Waals surface area (Å²) < 4.78 is 30.1. The van der Waals surface area contributed by atoms with Crippen molar-refractivity contribution in [2.75, 3.05) is 44.3 Å². The van der Waals surface area contributed by atoms with E-state index in [2.05, 4.69) is 81.5 Å². The fourth-order valence-electron chi connectivity index (χ4n) is 15.3. The Labute approximate surface area is 354 Å². The maximum atomic E-state index is 12.8. The second-order valence-corrected chi connectivity index (χ2v) is 23.9. The Morgan fingerprint density at radius 2 is 1.76 bits per heavy atom. The Bertz CT molecular complexity index is 2060. The van der Waals surface area contributed by atoms with Crippen LogP contribution in [0.2, 0.25) is 0 Å². The molecule has 8 rings (SSSR count). The van der Waals surface area contributed by atoms with E-state index in [1.807, 2.05) is 0 Å². The number of fused-ring (bicyclic) bond motifs is 7. The molecule has 10 atom stereocenters. The van der Waals surface area contributed by atoms with Crippen molar-refractivity contribution in [2.24, 2.45) is 56.7 Å². The number of aliphatic carboxylic acids is 1. The second kappa shape index (κ2) is 15.1. The van der Waals surface area contributed by atoms with Crippen LogP contribution in [0.1, 0.15) is 124 Å². The minimum atomic E-state index is -2.88. The molecule has 0 spiro atoms. The first kappa shape index (κ1) is 42.7. The Kier molecular flexibility index (Phi) is 10.9. The summed E-state index contributed by atoms with van der Waals surface area (Å²) in [7, 11) is -2.88. The summed E-state index contributed by atoms with van der Waals surface area (Å²) >= 11 is 0. The van der Waals surface area contributed by atoms with Gasteiger partial charge in [0.15, 0.2) is 9.84 Å². The minimum absolute atomic E-state index is 0.0230. The summed E-state index contributed by atoms with van der Waals surface area (Å²) in [4.78, 5) is 19.3. The number of allylic oxidation sites excluding steroid dienone is 5. The lowest BCUT2D eigenvalue weighted by Gasteiger charge is -2.72. The number of carboxylic acid groups (broad SMARTS) is 1. The van der Waals surface area contributed by atoms with Crippen LogP contribution in [-0.4, -0.2) is 79.2 Å². The first-order valence-corrected chi connectivity index (χ1v) is 24.6. The number of nitrogens with zero attached hydrogens (tertiary/aromatic N) is 3. The molecule has 3 unspecified atom stereocenters. The monoisotopic (exact) mass is 827 g/mol. The number of rotatable bonds is 10. The Morgan fingerprint density at radius 3 is 2.44 bits per heavy atom. The summed E-state index contributed by atoms with van der Waals surface area (Å²) in [5.74, 6) is 2.97. The molecule has 7 aliphatic rings. The number of hydrogen-bond donors (Lipinski definition) is 2. The highest BCUT2D eigenvalue weighted by Crippen LogP contribution is 2.76. The van der Waals surface area contributed by atoms with E-state index in [-0.39, 0.29) is 51.2 Å². The molecule has 9 nitrogen and oxygen atoms in total. The van der Waals surface area contributed by atoms with Crippen molar-refractivity contribution < 1.29 is 23.1 Å². The molecular weight excluding hydrogens is 757 g/mol. The van der Waals surface area contributed by atoms with Crippen LogP contribution in [0.25, 0.3) is 0 Å². The molecule has 1 saturated heterocycles. The average molecular weight is 827 g/mol. The van der Waals surface area contributed by atoms with Crippen molar-refractivity contribution in [2.45, 2.75) is 124 Å². The topological polar surface area (TPSA) is 133 Å². The van der Waals surface area contributed by atoms with Gasteiger partial charge < -0.3 is 20.1 Å². The molecule has 5 fully saturated rings. The van der Waals surface area contributed by atoms with Gasteiger partial charge in [0, 0.05) is 44.0 Å². The zero-order chi connectivity index (χ0) is 42.2. The van der Waals surface area contributed by atoms with Gasteiger partial charge in [0.05, 0.1) is 23.1 Å². The summed E-state index contributed by atoms with van der Waals surface area (Å²) in [6.07, 6.45) is 18.9. The van der Waals surface area contributed by atoms with Gasteiger partial charge in [-0.15, -0.1) is 0 Å². The van der Waals surface area contributed by atoms with E-state index in [0.29, 0.717) is 67.5 Å². The zero-order valence-corrected chi connectivity index (χ0v) is 37.6. The van der Waals surface area contributed by atoms with Crippen LogP contribution in [0.4, 0.5) is 0 Å². The van der Waals surface area contributed by atoms with Crippen molar-refractivity contribution in [3.8, 4) is 11.9 Å². The highest BCUT2D eigenvalue weighted by Gasteiger charge is 2.70. The molecule has 1 aliphatic heterocycles. The second-order valence-electron chi connectivity index (χ2n) is 21.6. The van der Waals surface area contributed by atoms with Gasteiger partial charge in [0.2, 0.25) is 5.88 Å². The van der Waals surface area contributed by atoms with Crippen LogP contribution in [0.3, 0.4) is 0 Å². The third-order valence-corrected chi connectivity index (χ3v) is 20.4. The zero-order valence-electron chi connectivity index (χ0n) is 36.7. The average Bonchev–Trinajstić information content (AvgIpc) is 3.58. The van der Waals surface area contributed by atoms with Crippen LogP contribution in [0.15, 0.2) is 53.8 Å². The predicted octanol–water partition coefficient (Wildman–Crippen LogP) is 8.78. The largest absolute Gasteiger partial charge is 0.481 e. The Hall–Kier alpha value is -3.00. The molecule has 2 N–H and O–H groups in total. The third-order valence-electron chi connectivity index (χ3n) is 18.8. The van der Waals surface area contributed by atoms with E-state index in [4.69, 9.17) is 4.74 Å². The van der Waals surface area contributed by atoms with Gasteiger partial charge in [-0.05, 0) is 152 Å². The minimum Gasteiger partial charge on any atom is -0.481 e. The van der Waals surface area contributed by atoms with Crippen molar-refractivity contribution in [1.29, 1.82) is 5.26 Å². The highest BCUT2D eigenvalue weighted by atomic mass is 32.2. The Morgan fingerprint density at radius 1 is 1.00 bits per heavy atom. The molecule has 1 aromatic heterocycles. The van der Waals surface area contributed by atoms with Crippen LogP contribution in [0, 0.1) is 68.0 Å². The molecule has 59 heavy (non-hydrogen) atoms. The van der Waals surface area contributed by atoms with Crippen molar-refractivity contribution in [3.05, 3.63) is 59.3 Å². The number of nitrogens with one attached hydrogen (secondary N) is 1. The fraction of sp³-hybridized carbons (Fsp3) is 0.735. The quantitative estimate of drug-likeness (QED) is 0.222. The van der Waals surface area contributed by atoms with E-state index in [1.54, 1.807) is 12.1 Å². The molecule has 10 heteroatoms. The van der Waals surface area contributed by atoms with Gasteiger partial charge in [-0.3, -0.25) is 4.79 Å². The van der Waals surface area contributed by atoms with Crippen molar-refractivity contribution >= 4 is 15.8 Å². The van der Waals surface area contributed by atoms with Crippen molar-refractivity contribution in [1.82, 2.24) is 15.2 Å². The molecule has 6 aliphatic carbocycles. The lowest BCUT2D eigenvalue weighted by atomic mass is 9.33. The Balaban J connectivity index is 1.00. The van der Waals surface area contributed by atoms with Crippen molar-refractivity contribution in [3.63, 3.8) is 0 Å². The summed E-state index contributed by atoms with van der Waals surface area (Å²) in [5.41, 5.74) is 4.28. The van der Waals surface area contributed by atoms with Crippen LogP contribution in [0.5, 0.6) is 5.88 Å². The smallest absolute Gasteiger partial charge is 0.313 e. The van der Waals surface area contributed by atoms with Crippen LogP contribution < -0.4 is 10.1 Å². The molecular formula is C49H70N4O5S. The lowest BCUT2D eigenvalue weighted by molar-refractivity contribution is -0.221. The molecule has 2 heterocycles. The molecule has 0 aromatic carbocycles. The molecule has 4 saturated carbocycles. The van der Waals surface area contributed by atoms with Gasteiger partial charge in [0.1, 0.15) is 12.0 Å². The fourth-order valence-corrected chi connectivity index (χ4v) is 16.6. The predicted molar refractivity (Wildman–Crippen MR) is 232 cm³/mol. The number of carbonyl (C=O) groups is 1. The number of hydrogen-bond acceptors (Lipinski definition) is 8. The molecule has 0 radical (unpaired) electrons. The van der Waals surface area contributed by atoms with Gasteiger partial charge >= 0.3 is 5.97 Å². The standard InChI is InChI=1S/C49H70N4O5S/c1-33(2)36-12-20-49(52-24-25-53-26-28-59(56,57)29-27-53)22-21-46(6)38(42(36)49)8-9-40-45(5)16-13-37(44(3,4)39(45)14-17-47(40,46)7)35-10-18-48(19-11-35,43(54)55)32-58-41-30-34(31-50)15-23-51-41/h10,13,15,23,30,36,38-40,42,52H,1,8-9,11-12,14,16-22,24-29,32H2,2-7H3,(H,54,55)/t36-,38+,39?,40?,42+,45-,46+,47+,48?,49-/m0/s1. The lowest BCUT2D eigenvalue weighted by Crippen LogP contribution is -2.68. The van der Waals surface area contributed by atoms with Gasteiger partial charge in [0.25, 0.3) is 0 Å². The van der Waals surface area contributed by atoms with Crippen LogP contribution >= 0.6 is 0 Å². The maximum absolute atomic E-state index is 12.8. The van der Waals surface area contributed by atoms with E-state index in [0.717, 1.165) is 19.5 Å². The third kappa shape index (κ3) is 6.96. The normalized spacial score (nSPS) is 41.1. The first-order valence-electron chi connectivity index (χ1n) is 22.8. The van der Waals surface area contributed by atoms with Gasteiger partial charge in [-0.2, -0.15) is 5.26 Å². The van der Waals surface area contributed by atoms with Gasteiger partial charge in [-0.1, -0.05) is 58.9 Å². The number of carboxylic acids is 1. The summed E-state index contributed by atoms with van der Waals surface area (Å²) in [5, 5.41) is 24.0. The van der Waals surface area contributed by atoms with E-state index >= 15 is 0 Å². The summed E-state index contributed by atoms with van der Waals surface area (Å²) in [6.45, 7) is 23.1. The molecule has 0 amide bonds. The number of pyridine rings is 1. The van der Waals surface area contributed by atoms with Gasteiger partial charge in [-0.25, -0.2) is 13.4 Å². The van der Waals surface area contributed by atoms with E-state index in [9.17, 15) is 23.6 Å². The highest BCUT2D eigenvalue weighted by molar-refractivity contribution is 7.91.